The van der Waals surface area contributed by atoms with Crippen LogP contribution in [0.25, 0.3) is 0 Å². The molecule has 1 fully saturated rings. The number of benzene rings is 2. The van der Waals surface area contributed by atoms with E-state index in [4.69, 9.17) is 14.7 Å². The Balaban J connectivity index is 1.76. The molecular formula is C21H26N2O6S. The first-order chi connectivity index (χ1) is 14.4. The molecule has 162 valence electrons. The Hall–Kier alpha value is -2.62. The molecule has 0 unspecified atom stereocenters. The second-order valence-corrected chi connectivity index (χ2v) is 9.39. The van der Waals surface area contributed by atoms with Crippen molar-refractivity contribution in [3.05, 3.63) is 60.2 Å². The summed E-state index contributed by atoms with van der Waals surface area (Å²) >= 11 is 0. The molecule has 1 heterocycles. The van der Waals surface area contributed by atoms with E-state index in [0.717, 1.165) is 13.0 Å². The quantitative estimate of drug-likeness (QED) is 0.510. The summed E-state index contributed by atoms with van der Waals surface area (Å²) < 4.78 is 37.2. The number of rotatable bonds is 7. The Morgan fingerprint density at radius 3 is 2.30 bits per heavy atom. The van der Waals surface area contributed by atoms with Gasteiger partial charge in [0.25, 0.3) is 0 Å². The van der Waals surface area contributed by atoms with Gasteiger partial charge >= 0.3 is 6.09 Å². The van der Waals surface area contributed by atoms with Crippen molar-refractivity contribution in [2.75, 3.05) is 26.7 Å². The van der Waals surface area contributed by atoms with Gasteiger partial charge in [0, 0.05) is 32.5 Å². The first-order valence-corrected chi connectivity index (χ1v) is 11.2. The SMILES string of the molecule is COc1ccc(S(=O)(=O)C2(OC(=O)NO)CCN(CCc3ccccc3)CC2)cc1. The lowest BCUT2D eigenvalue weighted by Gasteiger charge is -2.40. The number of ether oxygens (including phenoxy) is 2. The second-order valence-electron chi connectivity index (χ2n) is 7.17. The fraction of sp³-hybridized carbons (Fsp3) is 0.381. The molecule has 8 nitrogen and oxygen atoms in total. The Morgan fingerprint density at radius 2 is 1.73 bits per heavy atom. The fourth-order valence-corrected chi connectivity index (χ4v) is 5.47. The van der Waals surface area contributed by atoms with Gasteiger partial charge in [0.05, 0.1) is 12.0 Å². The normalized spacial score (nSPS) is 16.6. The van der Waals surface area contributed by atoms with E-state index in [9.17, 15) is 13.2 Å². The van der Waals surface area contributed by atoms with Crippen LogP contribution in [0.3, 0.4) is 0 Å². The smallest absolute Gasteiger partial charge is 0.432 e. The van der Waals surface area contributed by atoms with Crippen molar-refractivity contribution < 1.29 is 27.9 Å². The van der Waals surface area contributed by atoms with Crippen LogP contribution in [0.5, 0.6) is 5.75 Å². The van der Waals surface area contributed by atoms with Crippen molar-refractivity contribution in [2.45, 2.75) is 29.1 Å². The molecule has 0 aliphatic carbocycles. The highest BCUT2D eigenvalue weighted by Gasteiger charge is 2.50. The summed E-state index contributed by atoms with van der Waals surface area (Å²) in [5.74, 6) is 0.521. The van der Waals surface area contributed by atoms with Crippen LogP contribution >= 0.6 is 0 Å². The lowest BCUT2D eigenvalue weighted by Crippen LogP contribution is -2.53. The number of carbonyl (C=O) groups excluding carboxylic acids is 1. The number of nitrogens with zero attached hydrogens (tertiary/aromatic N) is 1. The predicted molar refractivity (Wildman–Crippen MR) is 110 cm³/mol. The van der Waals surface area contributed by atoms with E-state index < -0.39 is 20.9 Å². The van der Waals surface area contributed by atoms with Crippen molar-refractivity contribution in [3.63, 3.8) is 0 Å². The standard InChI is InChI=1S/C21H26N2O6S/c1-28-18-7-9-19(10-8-18)30(26,27)21(29-20(24)22-25)12-15-23(16-13-21)14-11-17-5-3-2-4-6-17/h2-10,25H,11-16H2,1H3,(H,22,24). The highest BCUT2D eigenvalue weighted by atomic mass is 32.2. The zero-order valence-corrected chi connectivity index (χ0v) is 17.6. The Labute approximate surface area is 176 Å². The number of piperidine rings is 1. The third kappa shape index (κ3) is 4.75. The zero-order valence-electron chi connectivity index (χ0n) is 16.8. The molecule has 1 saturated heterocycles. The molecule has 0 radical (unpaired) electrons. The molecule has 0 spiro atoms. The van der Waals surface area contributed by atoms with Crippen LogP contribution in [0.4, 0.5) is 4.79 Å². The van der Waals surface area contributed by atoms with E-state index in [0.29, 0.717) is 18.8 Å². The first-order valence-electron chi connectivity index (χ1n) is 9.68. The number of sulfone groups is 1. The fourth-order valence-electron chi connectivity index (χ4n) is 3.64. The number of hydrogen-bond donors (Lipinski definition) is 2. The van der Waals surface area contributed by atoms with Crippen LogP contribution in [-0.2, 0) is 21.0 Å². The predicted octanol–water partition coefficient (Wildman–Crippen LogP) is 2.62. The van der Waals surface area contributed by atoms with E-state index >= 15 is 0 Å². The summed E-state index contributed by atoms with van der Waals surface area (Å²) in [6.45, 7) is 1.66. The highest BCUT2D eigenvalue weighted by molar-refractivity contribution is 7.92. The second kappa shape index (κ2) is 9.46. The van der Waals surface area contributed by atoms with Gasteiger partial charge in [0.1, 0.15) is 5.75 Å². The lowest BCUT2D eigenvalue weighted by atomic mass is 10.1. The van der Waals surface area contributed by atoms with Crippen molar-refractivity contribution in [2.24, 2.45) is 0 Å². The molecule has 3 rings (SSSR count). The number of methoxy groups -OCH3 is 1. The number of amides is 1. The maximum absolute atomic E-state index is 13.4. The van der Waals surface area contributed by atoms with Crippen LogP contribution in [0, 0.1) is 0 Å². The molecule has 0 saturated carbocycles. The summed E-state index contributed by atoms with van der Waals surface area (Å²) in [6.07, 6.45) is -0.144. The van der Waals surface area contributed by atoms with E-state index in [1.807, 2.05) is 18.2 Å². The van der Waals surface area contributed by atoms with Crippen LogP contribution in [0.15, 0.2) is 59.5 Å². The third-order valence-electron chi connectivity index (χ3n) is 5.41. The largest absolute Gasteiger partial charge is 0.497 e. The van der Waals surface area contributed by atoms with Crippen molar-refractivity contribution in [3.8, 4) is 5.75 Å². The van der Waals surface area contributed by atoms with Gasteiger partial charge in [0.15, 0.2) is 0 Å². The summed E-state index contributed by atoms with van der Waals surface area (Å²) in [4.78, 5) is 12.2. The molecule has 0 atom stereocenters. The first kappa shape index (κ1) is 22.1. The topological polar surface area (TPSA) is 105 Å². The Morgan fingerprint density at radius 1 is 1.10 bits per heavy atom. The van der Waals surface area contributed by atoms with Gasteiger partial charge in [-0.05, 0) is 36.2 Å². The monoisotopic (exact) mass is 434 g/mol. The van der Waals surface area contributed by atoms with Crippen molar-refractivity contribution in [1.82, 2.24) is 10.4 Å². The molecule has 0 aromatic heterocycles. The average molecular weight is 435 g/mol. The number of carbonyl (C=O) groups is 1. The summed E-state index contributed by atoms with van der Waals surface area (Å²) in [5.41, 5.74) is 2.58. The third-order valence-corrected chi connectivity index (χ3v) is 7.77. The van der Waals surface area contributed by atoms with Crippen molar-refractivity contribution >= 4 is 15.9 Å². The minimum absolute atomic E-state index is 0.0341. The number of nitrogens with one attached hydrogen (secondary N) is 1. The Kier molecular flexibility index (Phi) is 6.96. The van der Waals surface area contributed by atoms with Gasteiger partial charge in [-0.1, -0.05) is 30.3 Å². The minimum Gasteiger partial charge on any atom is -0.497 e. The highest BCUT2D eigenvalue weighted by Crippen LogP contribution is 2.37. The molecule has 1 aliphatic rings. The molecule has 1 aliphatic heterocycles. The van der Waals surface area contributed by atoms with Crippen LogP contribution in [0.2, 0.25) is 0 Å². The van der Waals surface area contributed by atoms with Crippen LogP contribution in [0.1, 0.15) is 18.4 Å². The van der Waals surface area contributed by atoms with Gasteiger partial charge in [-0.3, -0.25) is 5.21 Å². The maximum Gasteiger partial charge on any atom is 0.432 e. The van der Waals surface area contributed by atoms with Crippen LogP contribution < -0.4 is 10.2 Å². The summed E-state index contributed by atoms with van der Waals surface area (Å²) in [6, 6.07) is 16.0. The molecule has 2 N–H and O–H groups in total. The lowest BCUT2D eigenvalue weighted by molar-refractivity contribution is 0.00186. The van der Waals surface area contributed by atoms with E-state index in [1.54, 1.807) is 12.1 Å². The molecule has 9 heteroatoms. The van der Waals surface area contributed by atoms with Gasteiger partial charge < -0.3 is 14.4 Å². The summed E-state index contributed by atoms with van der Waals surface area (Å²) in [7, 11) is -2.53. The van der Waals surface area contributed by atoms with E-state index in [2.05, 4.69) is 17.0 Å². The molecule has 2 aromatic carbocycles. The molecule has 2 aromatic rings. The van der Waals surface area contributed by atoms with Gasteiger partial charge in [0.2, 0.25) is 14.8 Å². The number of likely N-dealkylation sites (tertiary alicyclic amines) is 1. The van der Waals surface area contributed by atoms with E-state index in [1.165, 1.54) is 30.3 Å². The Bertz CT molecular complexity index is 939. The zero-order chi connectivity index (χ0) is 21.6. The number of hydroxylamine groups is 1. The maximum atomic E-state index is 13.4. The number of hydrogen-bond acceptors (Lipinski definition) is 7. The van der Waals surface area contributed by atoms with E-state index in [-0.39, 0.29) is 17.7 Å². The molecular weight excluding hydrogens is 408 g/mol. The minimum atomic E-state index is -4.02. The van der Waals surface area contributed by atoms with Gasteiger partial charge in [-0.15, -0.1) is 0 Å². The average Bonchev–Trinajstić information content (AvgIpc) is 2.79. The van der Waals surface area contributed by atoms with Gasteiger partial charge in [-0.2, -0.15) is 0 Å². The van der Waals surface area contributed by atoms with Gasteiger partial charge in [-0.25, -0.2) is 18.7 Å². The molecule has 0 bridgehead atoms. The molecule has 1 amide bonds. The van der Waals surface area contributed by atoms with Crippen molar-refractivity contribution in [1.29, 1.82) is 0 Å². The van der Waals surface area contributed by atoms with Crippen LogP contribution in [-0.4, -0.2) is 56.3 Å². The summed E-state index contributed by atoms with van der Waals surface area (Å²) in [5, 5.41) is 8.90. The molecule has 30 heavy (non-hydrogen) atoms.